The van der Waals surface area contributed by atoms with Crippen LogP contribution in [0.4, 0.5) is 4.39 Å². The van der Waals surface area contributed by atoms with Crippen molar-refractivity contribution in [1.29, 1.82) is 0 Å². The van der Waals surface area contributed by atoms with Crippen LogP contribution in [0.5, 0.6) is 11.5 Å². The van der Waals surface area contributed by atoms with Gasteiger partial charge in [-0.15, -0.1) is 10.2 Å². The minimum atomic E-state index is -0.315. The molecule has 0 unspecified atom stereocenters. The van der Waals surface area contributed by atoms with E-state index >= 15 is 0 Å². The van der Waals surface area contributed by atoms with Gasteiger partial charge in [-0.25, -0.2) is 4.39 Å². The third kappa shape index (κ3) is 6.58. The number of carbonyl (C=O) groups is 1. The molecule has 1 aromatic heterocycles. The summed E-state index contributed by atoms with van der Waals surface area (Å²) in [6.07, 6.45) is 3.22. The zero-order valence-electron chi connectivity index (χ0n) is 18.1. The molecular formula is C23H25FN4O3S. The predicted molar refractivity (Wildman–Crippen MR) is 122 cm³/mol. The van der Waals surface area contributed by atoms with Gasteiger partial charge < -0.3 is 19.4 Å². The average molecular weight is 457 g/mol. The Labute approximate surface area is 190 Å². The molecule has 32 heavy (non-hydrogen) atoms. The summed E-state index contributed by atoms with van der Waals surface area (Å²) in [6.45, 7) is 2.30. The Bertz CT molecular complexity index is 1050. The quantitative estimate of drug-likeness (QED) is 0.282. The molecule has 7 nitrogen and oxygen atoms in total. The van der Waals surface area contributed by atoms with Crippen LogP contribution in [-0.2, 0) is 11.8 Å². The van der Waals surface area contributed by atoms with Crippen LogP contribution in [0, 0.1) is 5.82 Å². The van der Waals surface area contributed by atoms with Crippen LogP contribution in [0.25, 0.3) is 6.08 Å². The van der Waals surface area contributed by atoms with Crippen molar-refractivity contribution >= 4 is 23.7 Å². The van der Waals surface area contributed by atoms with Crippen molar-refractivity contribution in [3.63, 3.8) is 0 Å². The second kappa shape index (κ2) is 11.3. The molecule has 1 heterocycles. The summed E-state index contributed by atoms with van der Waals surface area (Å²) >= 11 is 1.49. The fourth-order valence-electron chi connectivity index (χ4n) is 2.87. The second-order valence-corrected chi connectivity index (χ2v) is 7.95. The standard InChI is InChI=1S/C23H25FN4O3S/c1-16(25-21(29)13-6-17-4-9-19(30-3)10-5-17)22-26-27-23(28(22)2)32-15-14-31-20-11-7-18(24)8-12-20/h4-13,16H,14-15H2,1-3H3,(H,25,29)/b13-6+/t16-/m1/s1. The summed E-state index contributed by atoms with van der Waals surface area (Å²) in [5.74, 6) is 2.16. The Morgan fingerprint density at radius 2 is 1.84 bits per heavy atom. The van der Waals surface area contributed by atoms with Crippen molar-refractivity contribution in [1.82, 2.24) is 20.1 Å². The molecule has 1 atom stereocenters. The molecule has 0 bridgehead atoms. The maximum absolute atomic E-state index is 12.9. The molecule has 0 spiro atoms. The van der Waals surface area contributed by atoms with Crippen molar-refractivity contribution < 1.29 is 18.7 Å². The number of nitrogens with zero attached hydrogens (tertiary/aromatic N) is 3. The predicted octanol–water partition coefficient (Wildman–Crippen LogP) is 4.02. The van der Waals surface area contributed by atoms with E-state index < -0.39 is 0 Å². The van der Waals surface area contributed by atoms with Crippen molar-refractivity contribution in [2.45, 2.75) is 18.1 Å². The number of hydrogen-bond acceptors (Lipinski definition) is 6. The van der Waals surface area contributed by atoms with E-state index in [4.69, 9.17) is 9.47 Å². The fourth-order valence-corrected chi connectivity index (χ4v) is 3.60. The van der Waals surface area contributed by atoms with Crippen LogP contribution in [-0.4, -0.2) is 40.1 Å². The monoisotopic (exact) mass is 456 g/mol. The molecule has 0 radical (unpaired) electrons. The van der Waals surface area contributed by atoms with Gasteiger partial charge in [0.15, 0.2) is 11.0 Å². The van der Waals surface area contributed by atoms with E-state index in [1.807, 2.05) is 42.8 Å². The summed E-state index contributed by atoms with van der Waals surface area (Å²) in [6, 6.07) is 13.0. The molecular weight excluding hydrogens is 431 g/mol. The van der Waals surface area contributed by atoms with Gasteiger partial charge in [-0.1, -0.05) is 23.9 Å². The molecule has 0 saturated heterocycles. The third-order valence-electron chi connectivity index (χ3n) is 4.55. The summed E-state index contributed by atoms with van der Waals surface area (Å²) in [5, 5.41) is 12.0. The number of carbonyl (C=O) groups excluding carboxylic acids is 1. The van der Waals surface area contributed by atoms with Crippen LogP contribution in [0.3, 0.4) is 0 Å². The molecule has 1 N–H and O–H groups in total. The van der Waals surface area contributed by atoms with Gasteiger partial charge in [-0.05, 0) is 55.0 Å². The number of ether oxygens (including phenoxy) is 2. The zero-order valence-corrected chi connectivity index (χ0v) is 18.9. The first-order valence-corrected chi connectivity index (χ1v) is 11.0. The SMILES string of the molecule is COc1ccc(/C=C/C(=O)N[C@H](C)c2nnc(SCCOc3ccc(F)cc3)n2C)cc1. The Kier molecular flexibility index (Phi) is 8.27. The maximum Gasteiger partial charge on any atom is 0.244 e. The lowest BCUT2D eigenvalue weighted by Gasteiger charge is -2.12. The Balaban J connectivity index is 1.47. The van der Waals surface area contributed by atoms with Crippen LogP contribution in [0.15, 0.2) is 59.8 Å². The van der Waals surface area contributed by atoms with Crippen LogP contribution >= 0.6 is 11.8 Å². The number of aromatic nitrogens is 3. The van der Waals surface area contributed by atoms with Crippen LogP contribution in [0.1, 0.15) is 24.4 Å². The second-order valence-electron chi connectivity index (χ2n) is 6.89. The number of halogens is 1. The highest BCUT2D eigenvalue weighted by molar-refractivity contribution is 7.99. The minimum absolute atomic E-state index is 0.224. The lowest BCUT2D eigenvalue weighted by atomic mass is 10.2. The van der Waals surface area contributed by atoms with Crippen LogP contribution < -0.4 is 14.8 Å². The lowest BCUT2D eigenvalue weighted by molar-refractivity contribution is -0.117. The summed E-state index contributed by atoms with van der Waals surface area (Å²) in [5.41, 5.74) is 0.897. The van der Waals surface area contributed by atoms with Crippen molar-refractivity contribution in [2.75, 3.05) is 19.5 Å². The highest BCUT2D eigenvalue weighted by Crippen LogP contribution is 2.20. The molecule has 0 aliphatic heterocycles. The number of thioether (sulfide) groups is 1. The first kappa shape index (κ1) is 23.3. The van der Waals surface area contributed by atoms with E-state index in [1.165, 1.54) is 30.0 Å². The Hall–Kier alpha value is -3.33. The smallest absolute Gasteiger partial charge is 0.244 e. The summed E-state index contributed by atoms with van der Waals surface area (Å²) < 4.78 is 25.5. The largest absolute Gasteiger partial charge is 0.497 e. The normalized spacial score (nSPS) is 12.0. The lowest BCUT2D eigenvalue weighted by Crippen LogP contribution is -2.26. The van der Waals surface area contributed by atoms with Gasteiger partial charge in [-0.2, -0.15) is 0 Å². The molecule has 0 saturated carbocycles. The zero-order chi connectivity index (χ0) is 22.9. The number of benzene rings is 2. The molecule has 3 aromatic rings. The van der Waals surface area contributed by atoms with Gasteiger partial charge >= 0.3 is 0 Å². The van der Waals surface area contributed by atoms with E-state index in [-0.39, 0.29) is 17.8 Å². The topological polar surface area (TPSA) is 78.3 Å². The highest BCUT2D eigenvalue weighted by atomic mass is 32.2. The van der Waals surface area contributed by atoms with Crippen molar-refractivity contribution in [3.8, 4) is 11.5 Å². The van der Waals surface area contributed by atoms with Gasteiger partial charge in [0.05, 0.1) is 19.8 Å². The minimum Gasteiger partial charge on any atom is -0.497 e. The Morgan fingerprint density at radius 1 is 1.16 bits per heavy atom. The van der Waals surface area contributed by atoms with E-state index in [0.29, 0.717) is 23.9 Å². The Morgan fingerprint density at radius 3 is 2.53 bits per heavy atom. The van der Waals surface area contributed by atoms with Crippen molar-refractivity contribution in [3.05, 3.63) is 71.8 Å². The first-order chi connectivity index (χ1) is 15.5. The van der Waals surface area contributed by atoms with Gasteiger partial charge in [0.2, 0.25) is 5.91 Å². The van der Waals surface area contributed by atoms with Crippen molar-refractivity contribution in [2.24, 2.45) is 7.05 Å². The molecule has 0 fully saturated rings. The van der Waals surface area contributed by atoms with Gasteiger partial charge in [0.1, 0.15) is 17.3 Å². The molecule has 9 heteroatoms. The molecule has 168 valence electrons. The number of hydrogen-bond donors (Lipinski definition) is 1. The number of nitrogens with one attached hydrogen (secondary N) is 1. The summed E-state index contributed by atoms with van der Waals surface area (Å²) in [4.78, 5) is 12.3. The van der Waals surface area contributed by atoms with Gasteiger partial charge in [0, 0.05) is 18.9 Å². The number of rotatable bonds is 10. The van der Waals surface area contributed by atoms with Gasteiger partial charge in [0.25, 0.3) is 0 Å². The summed E-state index contributed by atoms with van der Waals surface area (Å²) in [7, 11) is 3.46. The highest BCUT2D eigenvalue weighted by Gasteiger charge is 2.16. The van der Waals surface area contributed by atoms with Crippen LogP contribution in [0.2, 0.25) is 0 Å². The molecule has 1 amide bonds. The third-order valence-corrected chi connectivity index (χ3v) is 5.54. The van der Waals surface area contributed by atoms with E-state index in [0.717, 1.165) is 16.5 Å². The molecule has 2 aromatic carbocycles. The number of methoxy groups -OCH3 is 1. The van der Waals surface area contributed by atoms with E-state index in [1.54, 1.807) is 25.3 Å². The molecule has 3 rings (SSSR count). The fraction of sp³-hybridized carbons (Fsp3) is 0.261. The number of amides is 1. The molecule has 0 aliphatic rings. The van der Waals surface area contributed by atoms with Gasteiger partial charge in [-0.3, -0.25) is 4.79 Å². The average Bonchev–Trinajstić information content (AvgIpc) is 3.17. The van der Waals surface area contributed by atoms with E-state index in [9.17, 15) is 9.18 Å². The first-order valence-electron chi connectivity index (χ1n) is 9.99. The molecule has 0 aliphatic carbocycles. The van der Waals surface area contributed by atoms with E-state index in [2.05, 4.69) is 15.5 Å². The maximum atomic E-state index is 12.9.